The smallest absolute Gasteiger partial charge is 0.458 e. The molecular formula is C59H107O23P. The molecule has 3 fully saturated rings. The van der Waals surface area contributed by atoms with Crippen molar-refractivity contribution < 1.29 is 113 Å². The van der Waals surface area contributed by atoms with E-state index in [1.807, 2.05) is 6.08 Å². The first-order valence-electron chi connectivity index (χ1n) is 31.2. The van der Waals surface area contributed by atoms with Gasteiger partial charge < -0.3 is 89.5 Å². The minimum Gasteiger partial charge on any atom is -0.458 e. The van der Waals surface area contributed by atoms with Gasteiger partial charge in [-0.1, -0.05) is 199 Å². The zero-order valence-corrected chi connectivity index (χ0v) is 50.4. The summed E-state index contributed by atoms with van der Waals surface area (Å²) in [5.74, 6) is -1.58. The van der Waals surface area contributed by atoms with Crippen LogP contribution in [0.25, 0.3) is 0 Å². The van der Waals surface area contributed by atoms with E-state index >= 15 is 0 Å². The van der Waals surface area contributed by atoms with E-state index in [1.165, 1.54) is 128 Å². The number of ether oxygens (including phenoxy) is 6. The molecule has 16 atom stereocenters. The number of rotatable bonds is 46. The molecule has 2 saturated heterocycles. The molecule has 0 aromatic rings. The lowest BCUT2D eigenvalue weighted by atomic mass is 9.84. The number of hydrogen-bond donors (Lipinski definition) is 12. The second-order valence-corrected chi connectivity index (χ2v) is 24.1. The molecule has 83 heavy (non-hydrogen) atoms. The molecule has 0 bridgehead atoms. The largest absolute Gasteiger partial charge is 0.472 e. The van der Waals surface area contributed by atoms with Crippen molar-refractivity contribution in [3.05, 3.63) is 24.3 Å². The predicted molar refractivity (Wildman–Crippen MR) is 305 cm³/mol. The van der Waals surface area contributed by atoms with Crippen LogP contribution in [0.4, 0.5) is 0 Å². The minimum atomic E-state index is -5.66. The Bertz CT molecular complexity index is 1740. The fourth-order valence-corrected chi connectivity index (χ4v) is 11.4. The van der Waals surface area contributed by atoms with Crippen molar-refractivity contribution in [3.63, 3.8) is 0 Å². The molecule has 486 valence electrons. The molecule has 16 unspecified atom stereocenters. The van der Waals surface area contributed by atoms with Crippen LogP contribution in [-0.4, -0.2) is 204 Å². The van der Waals surface area contributed by atoms with Crippen LogP contribution in [0.15, 0.2) is 24.3 Å². The van der Waals surface area contributed by atoms with E-state index in [2.05, 4.69) is 13.8 Å². The number of carbonyl (C=O) groups excluding carboxylic acids is 2. The number of aliphatic hydroxyl groups excluding tert-OH is 11. The summed E-state index contributed by atoms with van der Waals surface area (Å²) in [5, 5.41) is 117. The van der Waals surface area contributed by atoms with Crippen molar-refractivity contribution >= 4 is 19.8 Å². The van der Waals surface area contributed by atoms with Crippen LogP contribution in [0.5, 0.6) is 0 Å². The summed E-state index contributed by atoms with van der Waals surface area (Å²) in [4.78, 5) is 37.5. The Morgan fingerprint density at radius 3 is 1.28 bits per heavy atom. The van der Waals surface area contributed by atoms with Gasteiger partial charge in [0.25, 0.3) is 0 Å². The van der Waals surface area contributed by atoms with E-state index in [0.29, 0.717) is 6.42 Å². The van der Waals surface area contributed by atoms with E-state index in [0.717, 1.165) is 63.9 Å². The number of hydrogen-bond acceptors (Lipinski definition) is 22. The Morgan fingerprint density at radius 2 is 0.867 bits per heavy atom. The van der Waals surface area contributed by atoms with Crippen LogP contribution in [0.2, 0.25) is 0 Å². The highest BCUT2D eigenvalue weighted by Crippen LogP contribution is 2.49. The molecule has 12 N–H and O–H groups in total. The third kappa shape index (κ3) is 28.8. The third-order valence-electron chi connectivity index (χ3n) is 15.6. The van der Waals surface area contributed by atoms with Crippen molar-refractivity contribution in [1.82, 2.24) is 0 Å². The SMILES string of the molecule is CCCCCCCCCCCCCC=CC=CC(=O)OCC(COP(=O)(O)OC1C(OC2OC(CO)C(O)C(O)C2O)C(O)C(O)C(O)C1OC1OC(CO)C(O)C(O)C1O)OC(=O)CCCCCCCCCCCCCCCCCCC. The van der Waals surface area contributed by atoms with Gasteiger partial charge in [-0.3, -0.25) is 13.8 Å². The van der Waals surface area contributed by atoms with E-state index in [4.69, 9.17) is 37.5 Å². The number of aliphatic hydroxyl groups is 11. The molecule has 3 aliphatic rings. The first-order valence-corrected chi connectivity index (χ1v) is 32.7. The molecule has 1 saturated carbocycles. The Labute approximate surface area is 492 Å². The quantitative estimate of drug-likeness (QED) is 0.0121. The summed E-state index contributed by atoms with van der Waals surface area (Å²) in [6.07, 6.45) is 4.97. The normalized spacial score (nSPS) is 30.7. The van der Waals surface area contributed by atoms with Crippen LogP contribution in [0.1, 0.15) is 206 Å². The van der Waals surface area contributed by atoms with Crippen LogP contribution < -0.4 is 0 Å². The summed E-state index contributed by atoms with van der Waals surface area (Å²) in [5.41, 5.74) is 0. The van der Waals surface area contributed by atoms with Gasteiger partial charge in [-0.15, -0.1) is 0 Å². The number of carbonyl (C=O) groups is 2. The topological polar surface area (TPSA) is 368 Å². The number of phosphoric acid groups is 1. The van der Waals surface area contributed by atoms with Crippen molar-refractivity contribution in [2.45, 2.75) is 311 Å². The molecule has 23 nitrogen and oxygen atoms in total. The zero-order valence-electron chi connectivity index (χ0n) is 49.5. The molecule has 0 spiro atoms. The van der Waals surface area contributed by atoms with Gasteiger partial charge in [0.05, 0.1) is 19.8 Å². The number of phosphoric ester groups is 1. The first kappa shape index (κ1) is 75.2. The summed E-state index contributed by atoms with van der Waals surface area (Å²) >= 11 is 0. The van der Waals surface area contributed by atoms with E-state index in [1.54, 1.807) is 6.08 Å². The van der Waals surface area contributed by atoms with Crippen LogP contribution in [0, 0.1) is 0 Å². The number of unbranched alkanes of at least 4 members (excludes halogenated alkanes) is 27. The minimum absolute atomic E-state index is 0.0473. The van der Waals surface area contributed by atoms with Crippen LogP contribution in [-0.2, 0) is 51.6 Å². The molecule has 3 rings (SSSR count). The lowest BCUT2D eigenvalue weighted by Crippen LogP contribution is -2.69. The van der Waals surface area contributed by atoms with Crippen molar-refractivity contribution in [2.75, 3.05) is 26.4 Å². The van der Waals surface area contributed by atoms with Gasteiger partial charge >= 0.3 is 19.8 Å². The van der Waals surface area contributed by atoms with Crippen molar-refractivity contribution in [3.8, 4) is 0 Å². The fraction of sp³-hybridized carbons (Fsp3) is 0.898. The second kappa shape index (κ2) is 43.6. The molecule has 0 aromatic heterocycles. The summed E-state index contributed by atoms with van der Waals surface area (Å²) in [6, 6.07) is 0. The summed E-state index contributed by atoms with van der Waals surface area (Å²) in [7, 11) is -5.66. The van der Waals surface area contributed by atoms with Gasteiger partial charge in [-0.05, 0) is 19.3 Å². The first-order chi connectivity index (χ1) is 39.9. The Morgan fingerprint density at radius 1 is 0.482 bits per heavy atom. The number of esters is 2. The molecule has 0 amide bonds. The molecule has 0 radical (unpaired) electrons. The molecule has 2 aliphatic heterocycles. The molecule has 0 aromatic carbocycles. The molecule has 1 aliphatic carbocycles. The average Bonchev–Trinajstić information content (AvgIpc) is 3.45. The molecule has 24 heteroatoms. The average molecular weight is 1220 g/mol. The lowest BCUT2D eigenvalue weighted by molar-refractivity contribution is -0.360. The zero-order chi connectivity index (χ0) is 61.0. The maximum atomic E-state index is 14.0. The standard InChI is InChI=1S/C59H107O23P/c1-3-5-7-9-11-13-15-17-19-20-22-24-26-28-30-32-34-36-45(63)77-41(39-75-44(62)35-33-31-29-27-25-23-21-18-16-14-12-10-8-6-4-2)40-76-83(73,74)82-57-55(80-58-53(71)48(66)46(64)42(37-60)78-58)51(69)50(68)52(70)56(57)81-59-54(72)49(67)47(65)43(38-61)79-59/h29,31,33,35,41-43,46-61,64-72H,3-28,30,32,34,36-40H2,1-2H3,(H,73,74). The monoisotopic (exact) mass is 1210 g/mol. The van der Waals surface area contributed by atoms with Crippen molar-refractivity contribution in [1.29, 1.82) is 0 Å². The highest BCUT2D eigenvalue weighted by atomic mass is 31.2. The maximum absolute atomic E-state index is 14.0. The van der Waals surface area contributed by atoms with E-state index < -0.39 is 150 Å². The highest BCUT2D eigenvalue weighted by Gasteiger charge is 2.58. The molecule has 2 heterocycles. The lowest BCUT2D eigenvalue weighted by Gasteiger charge is -2.49. The third-order valence-corrected chi connectivity index (χ3v) is 16.6. The Hall–Kier alpha value is -2.07. The van der Waals surface area contributed by atoms with Crippen LogP contribution >= 0.6 is 7.82 Å². The van der Waals surface area contributed by atoms with Gasteiger partial charge in [0.15, 0.2) is 18.7 Å². The fourth-order valence-electron chi connectivity index (χ4n) is 10.4. The van der Waals surface area contributed by atoms with Gasteiger partial charge in [0, 0.05) is 12.5 Å². The van der Waals surface area contributed by atoms with E-state index in [9.17, 15) is 75.2 Å². The maximum Gasteiger partial charge on any atom is 0.472 e. The second-order valence-electron chi connectivity index (χ2n) is 22.7. The Balaban J connectivity index is 1.69. The summed E-state index contributed by atoms with van der Waals surface area (Å²) in [6.45, 7) is 0.921. The van der Waals surface area contributed by atoms with E-state index in [-0.39, 0.29) is 6.42 Å². The predicted octanol–water partition coefficient (Wildman–Crippen LogP) is 5.27. The van der Waals surface area contributed by atoms with Gasteiger partial charge in [0.1, 0.15) is 92.1 Å². The van der Waals surface area contributed by atoms with Gasteiger partial charge in [0.2, 0.25) is 0 Å². The number of allylic oxidation sites excluding steroid dienone is 3. The van der Waals surface area contributed by atoms with Gasteiger partial charge in [-0.25, -0.2) is 9.36 Å². The Kier molecular flexibility index (Phi) is 39.4. The highest BCUT2D eigenvalue weighted by molar-refractivity contribution is 7.47. The summed E-state index contributed by atoms with van der Waals surface area (Å²) < 4.78 is 58.0. The van der Waals surface area contributed by atoms with Crippen molar-refractivity contribution in [2.24, 2.45) is 0 Å². The van der Waals surface area contributed by atoms with Gasteiger partial charge in [-0.2, -0.15) is 0 Å². The van der Waals surface area contributed by atoms with Crippen LogP contribution in [0.3, 0.4) is 0 Å². The molecular weight excluding hydrogens is 1110 g/mol.